The maximum atomic E-state index is 13.2. The molecule has 0 aliphatic carbocycles. The highest BCUT2D eigenvalue weighted by Gasteiger charge is 2.27. The van der Waals surface area contributed by atoms with Crippen LogP contribution in [0.3, 0.4) is 0 Å². The fraction of sp³-hybridized carbons (Fsp3) is 0.458. The van der Waals surface area contributed by atoms with Crippen LogP contribution in [0.2, 0.25) is 0 Å². The number of fused-ring (bicyclic) bond motifs is 1. The van der Waals surface area contributed by atoms with Crippen molar-refractivity contribution in [3.8, 4) is 17.2 Å². The molecule has 2 aliphatic heterocycles. The summed E-state index contributed by atoms with van der Waals surface area (Å²) in [6, 6.07) is 9.23. The van der Waals surface area contributed by atoms with Gasteiger partial charge in [0.2, 0.25) is 10.0 Å². The van der Waals surface area contributed by atoms with Crippen molar-refractivity contribution in [2.75, 3.05) is 33.4 Å². The Hall–Kier alpha value is -2.78. The normalized spacial score (nSPS) is 17.5. The maximum absolute atomic E-state index is 13.2. The lowest BCUT2D eigenvalue weighted by Crippen LogP contribution is -2.38. The van der Waals surface area contributed by atoms with Crippen molar-refractivity contribution in [3.63, 3.8) is 0 Å². The van der Waals surface area contributed by atoms with E-state index in [0.29, 0.717) is 49.5 Å². The maximum Gasteiger partial charge on any atom is 0.257 e. The van der Waals surface area contributed by atoms with Gasteiger partial charge in [-0.15, -0.1) is 0 Å². The number of ether oxygens (including phenoxy) is 3. The van der Waals surface area contributed by atoms with E-state index < -0.39 is 16.1 Å². The molecule has 0 spiro atoms. The van der Waals surface area contributed by atoms with Crippen LogP contribution in [0, 0.1) is 5.92 Å². The van der Waals surface area contributed by atoms with Gasteiger partial charge in [0.1, 0.15) is 19.0 Å². The first kappa shape index (κ1) is 23.4. The number of hydrogen-bond acceptors (Lipinski definition) is 6. The van der Waals surface area contributed by atoms with E-state index in [4.69, 9.17) is 14.2 Å². The molecule has 2 aromatic carbocycles. The number of piperidine rings is 1. The first-order valence-electron chi connectivity index (χ1n) is 11.2. The highest BCUT2D eigenvalue weighted by Crippen LogP contribution is 2.33. The van der Waals surface area contributed by atoms with Crippen molar-refractivity contribution in [1.82, 2.24) is 9.62 Å². The number of methoxy groups -OCH3 is 1. The SMILES string of the molecule is COc1ccc(S(=O)(=O)N[C@@H](C)c2ccc3c(c2)OCCO3)cc1C(=O)N1CCC(C)CC1. The van der Waals surface area contributed by atoms with E-state index in [-0.39, 0.29) is 16.4 Å². The van der Waals surface area contributed by atoms with Gasteiger partial charge in [-0.05, 0) is 61.6 Å². The highest BCUT2D eigenvalue weighted by molar-refractivity contribution is 7.89. The number of rotatable bonds is 6. The number of nitrogens with one attached hydrogen (secondary N) is 1. The van der Waals surface area contributed by atoms with E-state index in [1.165, 1.54) is 25.3 Å². The van der Waals surface area contributed by atoms with Crippen LogP contribution in [-0.2, 0) is 10.0 Å². The molecule has 4 rings (SSSR count). The van der Waals surface area contributed by atoms with Gasteiger partial charge in [0.15, 0.2) is 11.5 Å². The van der Waals surface area contributed by atoms with Crippen LogP contribution in [0.5, 0.6) is 17.2 Å². The number of amides is 1. The van der Waals surface area contributed by atoms with Gasteiger partial charge in [0.05, 0.1) is 17.6 Å². The Morgan fingerprint density at radius 3 is 2.48 bits per heavy atom. The summed E-state index contributed by atoms with van der Waals surface area (Å²) < 4.78 is 45.5. The van der Waals surface area contributed by atoms with Crippen molar-refractivity contribution in [2.24, 2.45) is 5.92 Å². The van der Waals surface area contributed by atoms with E-state index in [0.717, 1.165) is 18.4 Å². The summed E-state index contributed by atoms with van der Waals surface area (Å²) in [5.74, 6) is 1.96. The predicted octanol–water partition coefficient (Wildman–Crippen LogP) is 3.38. The molecule has 1 atom stereocenters. The van der Waals surface area contributed by atoms with E-state index in [9.17, 15) is 13.2 Å². The van der Waals surface area contributed by atoms with Crippen LogP contribution in [0.25, 0.3) is 0 Å². The van der Waals surface area contributed by atoms with Gasteiger partial charge in [0.25, 0.3) is 5.91 Å². The molecule has 8 nitrogen and oxygen atoms in total. The average molecular weight is 475 g/mol. The van der Waals surface area contributed by atoms with Crippen molar-refractivity contribution in [2.45, 2.75) is 37.6 Å². The molecule has 2 heterocycles. The van der Waals surface area contributed by atoms with E-state index >= 15 is 0 Å². The molecule has 1 saturated heterocycles. The first-order chi connectivity index (χ1) is 15.8. The summed E-state index contributed by atoms with van der Waals surface area (Å²) in [5.41, 5.74) is 0.997. The zero-order chi connectivity index (χ0) is 23.6. The molecule has 0 aromatic heterocycles. The van der Waals surface area contributed by atoms with Crippen molar-refractivity contribution in [3.05, 3.63) is 47.5 Å². The highest BCUT2D eigenvalue weighted by atomic mass is 32.2. The Morgan fingerprint density at radius 1 is 1.09 bits per heavy atom. The lowest BCUT2D eigenvalue weighted by molar-refractivity contribution is 0.0693. The monoisotopic (exact) mass is 474 g/mol. The fourth-order valence-corrected chi connectivity index (χ4v) is 5.36. The van der Waals surface area contributed by atoms with Crippen LogP contribution in [0.4, 0.5) is 0 Å². The Labute approximate surface area is 194 Å². The number of nitrogens with zero attached hydrogens (tertiary/aromatic N) is 1. The van der Waals surface area contributed by atoms with E-state index in [2.05, 4.69) is 11.6 Å². The Bertz CT molecular complexity index is 1130. The third-order valence-electron chi connectivity index (χ3n) is 6.18. The van der Waals surface area contributed by atoms with Gasteiger partial charge in [-0.1, -0.05) is 13.0 Å². The molecule has 1 N–H and O–H groups in total. The average Bonchev–Trinajstić information content (AvgIpc) is 2.83. The lowest BCUT2D eigenvalue weighted by Gasteiger charge is -2.30. The smallest absolute Gasteiger partial charge is 0.257 e. The van der Waals surface area contributed by atoms with Crippen LogP contribution >= 0.6 is 0 Å². The fourth-order valence-electron chi connectivity index (χ4n) is 4.10. The summed E-state index contributed by atoms with van der Waals surface area (Å²) in [4.78, 5) is 14.9. The van der Waals surface area contributed by atoms with Gasteiger partial charge in [-0.2, -0.15) is 0 Å². The Morgan fingerprint density at radius 2 is 1.79 bits per heavy atom. The van der Waals surface area contributed by atoms with Gasteiger partial charge in [0, 0.05) is 19.1 Å². The zero-order valence-electron chi connectivity index (χ0n) is 19.2. The lowest BCUT2D eigenvalue weighted by atomic mass is 9.98. The van der Waals surface area contributed by atoms with Crippen molar-refractivity contribution < 1.29 is 27.4 Å². The molecule has 2 aromatic rings. The molecular weight excluding hydrogens is 444 g/mol. The van der Waals surface area contributed by atoms with E-state index in [1.54, 1.807) is 30.0 Å². The van der Waals surface area contributed by atoms with Crippen LogP contribution < -0.4 is 18.9 Å². The molecule has 1 fully saturated rings. The molecule has 178 valence electrons. The minimum Gasteiger partial charge on any atom is -0.496 e. The third kappa shape index (κ3) is 5.09. The van der Waals surface area contributed by atoms with Crippen LogP contribution in [-0.4, -0.2) is 52.6 Å². The van der Waals surface area contributed by atoms with Crippen LogP contribution in [0.15, 0.2) is 41.3 Å². The summed E-state index contributed by atoms with van der Waals surface area (Å²) in [6.07, 6.45) is 1.86. The third-order valence-corrected chi connectivity index (χ3v) is 7.72. The second-order valence-electron chi connectivity index (χ2n) is 8.58. The molecule has 1 amide bonds. The molecule has 0 bridgehead atoms. The molecule has 0 saturated carbocycles. The summed E-state index contributed by atoms with van der Waals surface area (Å²) in [6.45, 7) is 6.18. The minimum absolute atomic E-state index is 0.0152. The number of carbonyl (C=O) groups is 1. The first-order valence-corrected chi connectivity index (χ1v) is 12.7. The quantitative estimate of drug-likeness (QED) is 0.690. The number of sulfonamides is 1. The summed E-state index contributed by atoms with van der Waals surface area (Å²) in [7, 11) is -2.42. The number of carbonyl (C=O) groups excluding carboxylic acids is 1. The Balaban J connectivity index is 1.56. The minimum atomic E-state index is -3.90. The molecule has 2 aliphatic rings. The topological polar surface area (TPSA) is 94.2 Å². The molecule has 0 radical (unpaired) electrons. The molecule has 0 unspecified atom stereocenters. The largest absolute Gasteiger partial charge is 0.496 e. The van der Waals surface area contributed by atoms with Gasteiger partial charge in [-0.25, -0.2) is 13.1 Å². The van der Waals surface area contributed by atoms with E-state index in [1.807, 2.05) is 0 Å². The number of benzene rings is 2. The van der Waals surface area contributed by atoms with Gasteiger partial charge < -0.3 is 19.1 Å². The van der Waals surface area contributed by atoms with Crippen molar-refractivity contribution in [1.29, 1.82) is 0 Å². The Kier molecular flexibility index (Phi) is 6.81. The summed E-state index contributed by atoms with van der Waals surface area (Å²) in [5, 5.41) is 0. The van der Waals surface area contributed by atoms with Crippen molar-refractivity contribution >= 4 is 15.9 Å². The number of likely N-dealkylation sites (tertiary alicyclic amines) is 1. The molecule has 33 heavy (non-hydrogen) atoms. The standard InChI is InChI=1S/C24H30N2O6S/c1-16-8-10-26(11-9-16)24(27)20-15-19(5-7-21(20)30-3)33(28,29)25-17(2)18-4-6-22-23(14-18)32-13-12-31-22/h4-7,14-17,25H,8-13H2,1-3H3/t17-/m0/s1. The molecule has 9 heteroatoms. The zero-order valence-corrected chi connectivity index (χ0v) is 20.0. The predicted molar refractivity (Wildman–Crippen MR) is 123 cm³/mol. The summed E-state index contributed by atoms with van der Waals surface area (Å²) >= 11 is 0. The molecular formula is C24H30N2O6S. The van der Waals surface area contributed by atoms with Gasteiger partial charge >= 0.3 is 0 Å². The second kappa shape index (κ2) is 9.61. The number of hydrogen-bond donors (Lipinski definition) is 1. The van der Waals surface area contributed by atoms with Crippen LogP contribution in [0.1, 0.15) is 48.7 Å². The second-order valence-corrected chi connectivity index (χ2v) is 10.3. The van der Waals surface area contributed by atoms with Gasteiger partial charge in [-0.3, -0.25) is 4.79 Å².